The molecule has 0 unspecified atom stereocenters. The molecule has 1 rings (SSSR count). The fourth-order valence-electron chi connectivity index (χ4n) is 1.06. The number of nitrogens with one attached hydrogen (secondary N) is 1. The molecule has 0 aliphatic rings. The van der Waals surface area contributed by atoms with Gasteiger partial charge >= 0.3 is 0 Å². The third-order valence-corrected chi connectivity index (χ3v) is 2.42. The molecule has 4 nitrogen and oxygen atoms in total. The highest BCUT2D eigenvalue weighted by molar-refractivity contribution is 9.10. The zero-order chi connectivity index (χ0) is 13.7. The number of nitriles is 3. The summed E-state index contributed by atoms with van der Waals surface area (Å²) >= 11 is 2.80. The summed E-state index contributed by atoms with van der Waals surface area (Å²) in [4.78, 5) is 0. The first kappa shape index (κ1) is 13.6. The molecule has 18 heavy (non-hydrogen) atoms. The monoisotopic (exact) mass is 308 g/mol. The molecule has 0 heterocycles. The van der Waals surface area contributed by atoms with Crippen molar-refractivity contribution in [2.24, 2.45) is 0 Å². The molecule has 0 amide bonds. The van der Waals surface area contributed by atoms with Crippen LogP contribution in [0.15, 0.2) is 27.9 Å². The summed E-state index contributed by atoms with van der Waals surface area (Å²) in [6.07, 6.45) is 0. The summed E-state index contributed by atoms with van der Waals surface area (Å²) in [7, 11) is 0. The van der Waals surface area contributed by atoms with Gasteiger partial charge in [-0.2, -0.15) is 15.8 Å². The third kappa shape index (κ3) is 2.82. The lowest BCUT2D eigenvalue weighted by molar-refractivity contribution is 0.505. The topological polar surface area (TPSA) is 83.4 Å². The quantitative estimate of drug-likeness (QED) is 0.672. The molecule has 0 atom stereocenters. The van der Waals surface area contributed by atoms with Gasteiger partial charge in [0.1, 0.15) is 23.9 Å². The Morgan fingerprint density at radius 2 is 1.72 bits per heavy atom. The van der Waals surface area contributed by atoms with Gasteiger partial charge < -0.3 is 5.32 Å². The number of rotatable bonds is 2. The average Bonchev–Trinajstić information content (AvgIpc) is 2.35. The number of nitrogens with zero attached hydrogens (tertiary/aromatic N) is 3. The Morgan fingerprint density at radius 3 is 2.17 bits per heavy atom. The predicted octanol–water partition coefficient (Wildman–Crippen LogP) is 2.96. The highest BCUT2D eigenvalue weighted by Gasteiger charge is 2.11. The molecule has 0 fully saturated rings. The number of hydrogen-bond donors (Lipinski definition) is 1. The Hall–Kier alpha value is -2.43. The molecule has 0 saturated heterocycles. The summed E-state index contributed by atoms with van der Waals surface area (Å²) in [5, 5.41) is 28.3. The van der Waals surface area contributed by atoms with Crippen LogP contribution in [0.3, 0.4) is 0 Å². The third-order valence-electron chi connectivity index (χ3n) is 1.84. The molecule has 0 aliphatic carbocycles. The van der Waals surface area contributed by atoms with Crippen LogP contribution in [0.4, 0.5) is 14.5 Å². The Kier molecular flexibility index (Phi) is 4.37. The summed E-state index contributed by atoms with van der Waals surface area (Å²) < 4.78 is 25.9. The highest BCUT2D eigenvalue weighted by atomic mass is 79.9. The van der Waals surface area contributed by atoms with Crippen LogP contribution in [0.1, 0.15) is 0 Å². The molecule has 1 aromatic carbocycles. The number of allylic oxidation sites excluding steroid dienone is 2. The SMILES string of the molecule is N#CC(C#N)=C(C#N)Nc1cc(F)c(F)c(Br)c1. The Labute approximate surface area is 109 Å². The summed E-state index contributed by atoms with van der Waals surface area (Å²) in [6, 6.07) is 6.63. The van der Waals surface area contributed by atoms with Gasteiger partial charge in [-0.3, -0.25) is 0 Å². The van der Waals surface area contributed by atoms with Crippen LogP contribution in [-0.4, -0.2) is 0 Å². The highest BCUT2D eigenvalue weighted by Crippen LogP contribution is 2.24. The first-order valence-electron chi connectivity index (χ1n) is 4.39. The summed E-state index contributed by atoms with van der Waals surface area (Å²) in [5.74, 6) is -2.19. The second kappa shape index (κ2) is 5.77. The van der Waals surface area contributed by atoms with Gasteiger partial charge in [-0.1, -0.05) is 0 Å². The van der Waals surface area contributed by atoms with Crippen LogP contribution >= 0.6 is 15.9 Å². The maximum Gasteiger partial charge on any atom is 0.173 e. The van der Waals surface area contributed by atoms with Crippen molar-refractivity contribution in [3.05, 3.63) is 39.5 Å². The van der Waals surface area contributed by atoms with Crippen molar-refractivity contribution in [3.8, 4) is 18.2 Å². The van der Waals surface area contributed by atoms with Gasteiger partial charge in [0.25, 0.3) is 0 Å². The van der Waals surface area contributed by atoms with E-state index in [1.807, 2.05) is 0 Å². The molecule has 0 saturated carbocycles. The van der Waals surface area contributed by atoms with Crippen LogP contribution in [0, 0.1) is 45.6 Å². The van der Waals surface area contributed by atoms with E-state index in [0.29, 0.717) is 0 Å². The lowest BCUT2D eigenvalue weighted by Gasteiger charge is -2.06. The van der Waals surface area contributed by atoms with Gasteiger partial charge in [0.05, 0.1) is 4.47 Å². The Balaban J connectivity index is 3.22. The van der Waals surface area contributed by atoms with E-state index in [2.05, 4.69) is 21.2 Å². The molecular weight excluding hydrogens is 306 g/mol. The summed E-state index contributed by atoms with van der Waals surface area (Å²) in [5.41, 5.74) is -0.739. The minimum Gasteiger partial charge on any atom is -0.345 e. The maximum absolute atomic E-state index is 13.1. The van der Waals surface area contributed by atoms with Crippen molar-refractivity contribution < 1.29 is 8.78 Å². The van der Waals surface area contributed by atoms with E-state index in [-0.39, 0.29) is 15.9 Å². The molecule has 0 aromatic heterocycles. The standard InChI is InChI=1S/C11H3BrF2N4/c12-8-1-7(2-9(13)11(8)14)18-10(5-17)6(3-15)4-16/h1-2,18H. The van der Waals surface area contributed by atoms with E-state index in [0.717, 1.165) is 6.07 Å². The van der Waals surface area contributed by atoms with E-state index < -0.39 is 17.2 Å². The van der Waals surface area contributed by atoms with Gasteiger partial charge in [0.2, 0.25) is 0 Å². The second-order valence-electron chi connectivity index (χ2n) is 2.96. The predicted molar refractivity (Wildman–Crippen MR) is 61.5 cm³/mol. The average molecular weight is 309 g/mol. The smallest absolute Gasteiger partial charge is 0.173 e. The molecule has 0 radical (unpaired) electrons. The van der Waals surface area contributed by atoms with E-state index in [4.69, 9.17) is 15.8 Å². The van der Waals surface area contributed by atoms with E-state index >= 15 is 0 Å². The van der Waals surface area contributed by atoms with Crippen molar-refractivity contribution >= 4 is 21.6 Å². The molecule has 0 bridgehead atoms. The first-order chi connectivity index (χ1) is 8.53. The second-order valence-corrected chi connectivity index (χ2v) is 3.82. The maximum atomic E-state index is 13.1. The lowest BCUT2D eigenvalue weighted by Crippen LogP contribution is -2.02. The largest absolute Gasteiger partial charge is 0.345 e. The molecule has 1 aromatic rings. The van der Waals surface area contributed by atoms with Crippen molar-refractivity contribution in [1.29, 1.82) is 15.8 Å². The molecule has 1 N–H and O–H groups in total. The van der Waals surface area contributed by atoms with Gasteiger partial charge in [0, 0.05) is 11.8 Å². The van der Waals surface area contributed by atoms with Gasteiger partial charge in [-0.05, 0) is 22.0 Å². The van der Waals surface area contributed by atoms with Gasteiger partial charge in [-0.25, -0.2) is 8.78 Å². The van der Waals surface area contributed by atoms with Crippen LogP contribution < -0.4 is 5.32 Å². The fourth-order valence-corrected chi connectivity index (χ4v) is 1.49. The molecule has 0 spiro atoms. The Morgan fingerprint density at radius 1 is 1.11 bits per heavy atom. The molecular formula is C11H3BrF2N4. The minimum atomic E-state index is -1.13. The van der Waals surface area contributed by atoms with Crippen molar-refractivity contribution in [3.63, 3.8) is 0 Å². The number of halogens is 3. The molecule has 0 aliphatic heterocycles. The van der Waals surface area contributed by atoms with Gasteiger partial charge in [0.15, 0.2) is 17.2 Å². The van der Waals surface area contributed by atoms with Crippen molar-refractivity contribution in [2.45, 2.75) is 0 Å². The number of benzene rings is 1. The molecule has 7 heteroatoms. The van der Waals surface area contributed by atoms with Crippen LogP contribution in [0.2, 0.25) is 0 Å². The van der Waals surface area contributed by atoms with Crippen molar-refractivity contribution in [1.82, 2.24) is 0 Å². The van der Waals surface area contributed by atoms with Crippen molar-refractivity contribution in [2.75, 3.05) is 5.32 Å². The van der Waals surface area contributed by atoms with Gasteiger partial charge in [-0.15, -0.1) is 0 Å². The zero-order valence-electron chi connectivity index (χ0n) is 8.63. The van der Waals surface area contributed by atoms with E-state index in [9.17, 15) is 8.78 Å². The normalized spacial score (nSPS) is 8.67. The zero-order valence-corrected chi connectivity index (χ0v) is 10.2. The van der Waals surface area contributed by atoms with Crippen LogP contribution in [0.25, 0.3) is 0 Å². The fraction of sp³-hybridized carbons (Fsp3) is 0. The van der Waals surface area contributed by atoms with E-state index in [1.165, 1.54) is 18.2 Å². The lowest BCUT2D eigenvalue weighted by atomic mass is 10.2. The van der Waals surface area contributed by atoms with Crippen LogP contribution in [0.5, 0.6) is 0 Å². The van der Waals surface area contributed by atoms with E-state index in [1.54, 1.807) is 6.07 Å². The Bertz CT molecular complexity index is 607. The minimum absolute atomic E-state index is 0.0420. The van der Waals surface area contributed by atoms with Crippen LogP contribution in [-0.2, 0) is 0 Å². The molecule has 88 valence electrons. The number of hydrogen-bond acceptors (Lipinski definition) is 4. The summed E-state index contributed by atoms with van der Waals surface area (Å²) in [6.45, 7) is 0. The first-order valence-corrected chi connectivity index (χ1v) is 5.19. The number of anilines is 1.